The van der Waals surface area contributed by atoms with E-state index >= 15 is 0 Å². The van der Waals surface area contributed by atoms with Gasteiger partial charge < -0.3 is 20.5 Å². The van der Waals surface area contributed by atoms with Crippen LogP contribution in [0.4, 0.5) is 0 Å². The van der Waals surface area contributed by atoms with Crippen LogP contribution in [0.25, 0.3) is 0 Å². The maximum Gasteiger partial charge on any atom is 0.237 e. The van der Waals surface area contributed by atoms with Gasteiger partial charge in [0.25, 0.3) is 0 Å². The standard InChI is InChI=1S/C19H29N3O3.2ClH/c20-18(17-5-9-24-10-6-17)19(23)21-13-15-1-3-16(4-2-15)14-22-7-11-25-12-8-22;;/h1-4,17-18H,5-14,20H2,(H,21,23);2*1H. The lowest BCUT2D eigenvalue weighted by atomic mass is 9.92. The van der Waals surface area contributed by atoms with E-state index in [1.807, 2.05) is 0 Å². The first-order valence-corrected chi connectivity index (χ1v) is 9.21. The molecule has 8 heteroatoms. The summed E-state index contributed by atoms with van der Waals surface area (Å²) in [5.74, 6) is 0.161. The summed E-state index contributed by atoms with van der Waals surface area (Å²) in [5, 5.41) is 2.97. The number of hydrogen-bond acceptors (Lipinski definition) is 5. The van der Waals surface area contributed by atoms with Crippen LogP contribution in [0.5, 0.6) is 0 Å². The van der Waals surface area contributed by atoms with E-state index in [0.29, 0.717) is 19.8 Å². The smallest absolute Gasteiger partial charge is 0.237 e. The van der Waals surface area contributed by atoms with Crippen molar-refractivity contribution in [2.24, 2.45) is 11.7 Å². The number of morpholine rings is 1. The Morgan fingerprint density at radius 2 is 1.59 bits per heavy atom. The van der Waals surface area contributed by atoms with Gasteiger partial charge >= 0.3 is 0 Å². The highest BCUT2D eigenvalue weighted by Gasteiger charge is 2.26. The second-order valence-corrected chi connectivity index (χ2v) is 6.90. The van der Waals surface area contributed by atoms with Crippen LogP contribution in [-0.4, -0.2) is 56.4 Å². The van der Waals surface area contributed by atoms with E-state index in [1.165, 1.54) is 5.56 Å². The lowest BCUT2D eigenvalue weighted by molar-refractivity contribution is -0.124. The highest BCUT2D eigenvalue weighted by molar-refractivity contribution is 5.85. The lowest BCUT2D eigenvalue weighted by Crippen LogP contribution is -2.46. The topological polar surface area (TPSA) is 76.8 Å². The molecule has 0 aliphatic carbocycles. The Bertz CT molecular complexity index is 548. The van der Waals surface area contributed by atoms with Crippen molar-refractivity contribution >= 4 is 30.7 Å². The van der Waals surface area contributed by atoms with Gasteiger partial charge in [-0.2, -0.15) is 0 Å². The molecule has 2 fully saturated rings. The van der Waals surface area contributed by atoms with Gasteiger partial charge in [-0.25, -0.2) is 0 Å². The van der Waals surface area contributed by atoms with Gasteiger partial charge in [-0.15, -0.1) is 24.8 Å². The van der Waals surface area contributed by atoms with Gasteiger partial charge in [-0.3, -0.25) is 9.69 Å². The Morgan fingerprint density at radius 1 is 1.04 bits per heavy atom. The lowest BCUT2D eigenvalue weighted by Gasteiger charge is -2.27. The van der Waals surface area contributed by atoms with Crippen molar-refractivity contribution in [1.82, 2.24) is 10.2 Å². The number of nitrogens with two attached hydrogens (primary N) is 1. The zero-order valence-electron chi connectivity index (χ0n) is 15.6. The summed E-state index contributed by atoms with van der Waals surface area (Å²) in [6, 6.07) is 7.99. The Hall–Kier alpha value is -0.890. The van der Waals surface area contributed by atoms with Crippen molar-refractivity contribution in [2.45, 2.75) is 32.0 Å². The molecule has 1 atom stereocenters. The van der Waals surface area contributed by atoms with E-state index in [2.05, 4.69) is 34.5 Å². The SMILES string of the molecule is Cl.Cl.NC(C(=O)NCc1ccc(CN2CCOCC2)cc1)C1CCOCC1. The fourth-order valence-electron chi connectivity index (χ4n) is 3.38. The number of hydrogen-bond donors (Lipinski definition) is 2. The van der Waals surface area contributed by atoms with Crippen molar-refractivity contribution in [2.75, 3.05) is 39.5 Å². The van der Waals surface area contributed by atoms with Gasteiger partial charge in [0.1, 0.15) is 0 Å². The van der Waals surface area contributed by atoms with Crippen LogP contribution >= 0.6 is 24.8 Å². The largest absolute Gasteiger partial charge is 0.381 e. The molecule has 0 spiro atoms. The average molecular weight is 420 g/mol. The van der Waals surface area contributed by atoms with Gasteiger partial charge in [0.15, 0.2) is 0 Å². The summed E-state index contributed by atoms with van der Waals surface area (Å²) in [6.07, 6.45) is 1.73. The third-order valence-corrected chi connectivity index (χ3v) is 5.08. The van der Waals surface area contributed by atoms with E-state index in [4.69, 9.17) is 15.2 Å². The van der Waals surface area contributed by atoms with Crippen molar-refractivity contribution in [1.29, 1.82) is 0 Å². The number of halogens is 2. The fraction of sp³-hybridized carbons (Fsp3) is 0.632. The monoisotopic (exact) mass is 419 g/mol. The van der Waals surface area contributed by atoms with Crippen LogP contribution in [0.3, 0.4) is 0 Å². The molecule has 0 aromatic heterocycles. The average Bonchev–Trinajstić information content (AvgIpc) is 2.68. The van der Waals surface area contributed by atoms with Crippen LogP contribution in [-0.2, 0) is 27.4 Å². The Morgan fingerprint density at radius 3 is 2.22 bits per heavy atom. The second-order valence-electron chi connectivity index (χ2n) is 6.90. The number of carbonyl (C=O) groups is 1. The molecular formula is C19H31Cl2N3O3. The molecule has 2 saturated heterocycles. The first-order chi connectivity index (χ1) is 12.2. The third kappa shape index (κ3) is 7.56. The second kappa shape index (κ2) is 12.5. The molecule has 2 aliphatic rings. The Kier molecular flexibility index (Phi) is 11.2. The molecule has 0 radical (unpaired) electrons. The molecule has 3 N–H and O–H groups in total. The Balaban J connectivity index is 0.00000182. The molecule has 2 heterocycles. The zero-order valence-corrected chi connectivity index (χ0v) is 17.2. The number of carbonyl (C=O) groups excluding carboxylic acids is 1. The number of nitrogens with zero attached hydrogens (tertiary/aromatic N) is 1. The molecule has 3 rings (SSSR count). The predicted octanol–water partition coefficient (Wildman–Crippen LogP) is 1.73. The quantitative estimate of drug-likeness (QED) is 0.733. The molecule has 1 aromatic carbocycles. The highest BCUT2D eigenvalue weighted by Crippen LogP contribution is 2.17. The molecule has 2 aliphatic heterocycles. The van der Waals surface area contributed by atoms with Gasteiger partial charge in [0.05, 0.1) is 19.3 Å². The molecule has 27 heavy (non-hydrogen) atoms. The third-order valence-electron chi connectivity index (χ3n) is 5.08. The Labute approximate surface area is 174 Å². The van der Waals surface area contributed by atoms with E-state index in [9.17, 15) is 4.79 Å². The molecule has 6 nitrogen and oxygen atoms in total. The summed E-state index contributed by atoms with van der Waals surface area (Å²) >= 11 is 0. The predicted molar refractivity (Wildman–Crippen MR) is 110 cm³/mol. The van der Waals surface area contributed by atoms with Gasteiger partial charge in [0.2, 0.25) is 5.91 Å². The van der Waals surface area contributed by atoms with Gasteiger partial charge in [-0.1, -0.05) is 24.3 Å². The highest BCUT2D eigenvalue weighted by atomic mass is 35.5. The van der Waals surface area contributed by atoms with Gasteiger partial charge in [-0.05, 0) is 29.9 Å². The minimum atomic E-state index is -0.440. The molecule has 1 unspecified atom stereocenters. The maximum atomic E-state index is 12.2. The molecule has 1 aromatic rings. The minimum Gasteiger partial charge on any atom is -0.381 e. The number of benzene rings is 1. The van der Waals surface area contributed by atoms with Crippen LogP contribution in [0.2, 0.25) is 0 Å². The van der Waals surface area contributed by atoms with Crippen molar-refractivity contribution in [3.05, 3.63) is 35.4 Å². The van der Waals surface area contributed by atoms with Crippen LogP contribution in [0.15, 0.2) is 24.3 Å². The summed E-state index contributed by atoms with van der Waals surface area (Å²) in [5.41, 5.74) is 8.48. The molecule has 0 saturated carbocycles. The minimum absolute atomic E-state index is 0. The van der Waals surface area contributed by atoms with E-state index < -0.39 is 6.04 Å². The van der Waals surface area contributed by atoms with E-state index in [-0.39, 0.29) is 36.6 Å². The van der Waals surface area contributed by atoms with Crippen LogP contribution < -0.4 is 11.1 Å². The first-order valence-electron chi connectivity index (χ1n) is 9.21. The maximum absolute atomic E-state index is 12.2. The molecular weight excluding hydrogens is 389 g/mol. The molecule has 154 valence electrons. The van der Waals surface area contributed by atoms with E-state index in [1.54, 1.807) is 0 Å². The summed E-state index contributed by atoms with van der Waals surface area (Å²) in [4.78, 5) is 14.6. The normalized spacial score (nSPS) is 19.4. The fourth-order valence-corrected chi connectivity index (χ4v) is 3.38. The number of amides is 1. The van der Waals surface area contributed by atoms with Gasteiger partial charge in [0, 0.05) is 39.4 Å². The number of nitrogens with one attached hydrogen (secondary N) is 1. The first kappa shape index (κ1) is 24.1. The number of ether oxygens (including phenoxy) is 2. The molecule has 0 bridgehead atoms. The molecule has 1 amide bonds. The summed E-state index contributed by atoms with van der Waals surface area (Å²) in [7, 11) is 0. The van der Waals surface area contributed by atoms with Crippen molar-refractivity contribution in [3.63, 3.8) is 0 Å². The van der Waals surface area contributed by atoms with Crippen molar-refractivity contribution < 1.29 is 14.3 Å². The van der Waals surface area contributed by atoms with Crippen LogP contribution in [0.1, 0.15) is 24.0 Å². The summed E-state index contributed by atoms with van der Waals surface area (Å²) < 4.78 is 10.7. The number of rotatable bonds is 6. The van der Waals surface area contributed by atoms with E-state index in [0.717, 1.165) is 51.3 Å². The zero-order chi connectivity index (χ0) is 17.5. The summed E-state index contributed by atoms with van der Waals surface area (Å²) in [6.45, 7) is 6.49. The van der Waals surface area contributed by atoms with Crippen molar-refractivity contribution in [3.8, 4) is 0 Å². The van der Waals surface area contributed by atoms with Crippen LogP contribution in [0, 0.1) is 5.92 Å².